The number of aromatic nitrogens is 1. The van der Waals surface area contributed by atoms with Crippen molar-refractivity contribution >= 4 is 39.1 Å². The first-order valence-corrected chi connectivity index (χ1v) is 10.6. The van der Waals surface area contributed by atoms with Gasteiger partial charge in [-0.15, -0.1) is 11.3 Å². The summed E-state index contributed by atoms with van der Waals surface area (Å²) >= 11 is 1.32. The molecule has 2 aromatic rings. The molecule has 1 aliphatic carbocycles. The van der Waals surface area contributed by atoms with E-state index >= 15 is 0 Å². The first kappa shape index (κ1) is 18.2. The minimum absolute atomic E-state index is 0.0376. The summed E-state index contributed by atoms with van der Waals surface area (Å²) in [4.78, 5) is 33.2. The minimum Gasteiger partial charge on any atom is -0.397 e. The molecule has 27 heavy (non-hydrogen) atoms. The first-order valence-electron chi connectivity index (χ1n) is 9.81. The Labute approximate surface area is 163 Å². The summed E-state index contributed by atoms with van der Waals surface area (Å²) in [5.41, 5.74) is 7.53. The maximum Gasteiger partial charge on any atom is 0.263 e. The second kappa shape index (κ2) is 7.46. The van der Waals surface area contributed by atoms with E-state index < -0.39 is 0 Å². The van der Waals surface area contributed by atoms with E-state index in [1.165, 1.54) is 17.8 Å². The fourth-order valence-electron chi connectivity index (χ4n) is 4.40. The molecule has 3 N–H and O–H groups in total. The number of pyridine rings is 1. The van der Waals surface area contributed by atoms with Crippen LogP contribution in [-0.4, -0.2) is 35.3 Å². The zero-order valence-corrected chi connectivity index (χ0v) is 16.5. The van der Waals surface area contributed by atoms with Crippen LogP contribution >= 0.6 is 11.3 Å². The molecule has 0 aromatic carbocycles. The van der Waals surface area contributed by atoms with Gasteiger partial charge < -0.3 is 16.0 Å². The van der Waals surface area contributed by atoms with Gasteiger partial charge in [-0.05, 0) is 37.8 Å². The predicted molar refractivity (Wildman–Crippen MR) is 108 cm³/mol. The van der Waals surface area contributed by atoms with E-state index in [1.54, 1.807) is 7.05 Å². The molecule has 2 aromatic heterocycles. The van der Waals surface area contributed by atoms with Crippen molar-refractivity contribution in [1.82, 2.24) is 15.2 Å². The molecule has 0 unspecified atom stereocenters. The summed E-state index contributed by atoms with van der Waals surface area (Å²) in [5.74, 6) is 0.295. The number of nitrogens with two attached hydrogens (primary N) is 1. The Balaban J connectivity index is 1.62. The van der Waals surface area contributed by atoms with Gasteiger partial charge in [0.25, 0.3) is 5.91 Å². The summed E-state index contributed by atoms with van der Waals surface area (Å²) in [7, 11) is 1.60. The van der Waals surface area contributed by atoms with Crippen molar-refractivity contribution in [2.75, 3.05) is 19.3 Å². The molecule has 2 amide bonds. The number of thiophene rings is 1. The van der Waals surface area contributed by atoms with Crippen LogP contribution in [0.25, 0.3) is 10.2 Å². The number of hydrogen-bond acceptors (Lipinski definition) is 5. The minimum atomic E-state index is -0.188. The Morgan fingerprint density at radius 1 is 1.19 bits per heavy atom. The van der Waals surface area contributed by atoms with Crippen LogP contribution in [-0.2, 0) is 4.79 Å². The van der Waals surface area contributed by atoms with Crippen LogP contribution in [0.4, 0.5) is 5.69 Å². The van der Waals surface area contributed by atoms with E-state index in [0.717, 1.165) is 61.0 Å². The standard InChI is InChI=1S/C20H26N4O2S/c1-22-18(25)17-16(21)13-9-10-14(23-19(13)27-17)15-8-5-11-24(15)20(26)12-6-3-2-4-7-12/h9-10,12,15H,2-8,11,21H2,1H3,(H,22,25)/t15-/m0/s1. The second-order valence-electron chi connectivity index (χ2n) is 7.54. The topological polar surface area (TPSA) is 88.3 Å². The summed E-state index contributed by atoms with van der Waals surface area (Å²) < 4.78 is 0. The number of hydrogen-bond donors (Lipinski definition) is 2. The third kappa shape index (κ3) is 3.29. The third-order valence-corrected chi connectivity index (χ3v) is 6.99. The van der Waals surface area contributed by atoms with Crippen molar-refractivity contribution in [2.45, 2.75) is 51.0 Å². The van der Waals surface area contributed by atoms with Gasteiger partial charge in [0.05, 0.1) is 17.4 Å². The molecular formula is C20H26N4O2S. The van der Waals surface area contributed by atoms with Gasteiger partial charge in [-0.25, -0.2) is 4.98 Å². The van der Waals surface area contributed by atoms with Crippen molar-refractivity contribution < 1.29 is 9.59 Å². The van der Waals surface area contributed by atoms with Gasteiger partial charge in [0.15, 0.2) is 0 Å². The largest absolute Gasteiger partial charge is 0.397 e. The summed E-state index contributed by atoms with van der Waals surface area (Å²) in [6.45, 7) is 0.815. The number of rotatable bonds is 3. The van der Waals surface area contributed by atoms with Crippen molar-refractivity contribution in [1.29, 1.82) is 0 Å². The molecule has 1 atom stereocenters. The van der Waals surface area contributed by atoms with E-state index in [0.29, 0.717) is 16.5 Å². The molecular weight excluding hydrogens is 360 g/mol. The lowest BCUT2D eigenvalue weighted by atomic mass is 9.88. The molecule has 3 heterocycles. The Bertz CT molecular complexity index is 872. The van der Waals surface area contributed by atoms with Crippen LogP contribution in [0.3, 0.4) is 0 Å². The van der Waals surface area contributed by atoms with E-state index in [1.807, 2.05) is 17.0 Å². The molecule has 2 fully saturated rings. The molecule has 2 aliphatic rings. The average Bonchev–Trinajstić information content (AvgIpc) is 3.32. The highest BCUT2D eigenvalue weighted by atomic mass is 32.1. The Morgan fingerprint density at radius 3 is 2.70 bits per heavy atom. The lowest BCUT2D eigenvalue weighted by molar-refractivity contribution is -0.137. The van der Waals surface area contributed by atoms with E-state index in [-0.39, 0.29) is 17.9 Å². The molecule has 6 nitrogen and oxygen atoms in total. The van der Waals surface area contributed by atoms with Crippen molar-refractivity contribution in [2.24, 2.45) is 5.92 Å². The van der Waals surface area contributed by atoms with E-state index in [4.69, 9.17) is 10.7 Å². The smallest absolute Gasteiger partial charge is 0.263 e. The number of carbonyl (C=O) groups excluding carboxylic acids is 2. The third-order valence-electron chi connectivity index (χ3n) is 5.88. The highest BCUT2D eigenvalue weighted by Gasteiger charge is 2.35. The molecule has 0 radical (unpaired) electrons. The van der Waals surface area contributed by atoms with Crippen LogP contribution in [0.15, 0.2) is 12.1 Å². The molecule has 7 heteroatoms. The van der Waals surface area contributed by atoms with Gasteiger partial charge in [-0.1, -0.05) is 19.3 Å². The summed E-state index contributed by atoms with van der Waals surface area (Å²) in [5, 5.41) is 3.43. The molecule has 1 saturated carbocycles. The number of likely N-dealkylation sites (tertiary alicyclic amines) is 1. The zero-order chi connectivity index (χ0) is 19.0. The predicted octanol–water partition coefficient (Wildman–Crippen LogP) is 3.48. The van der Waals surface area contributed by atoms with Crippen LogP contribution in [0.2, 0.25) is 0 Å². The second-order valence-corrected chi connectivity index (χ2v) is 8.54. The lowest BCUT2D eigenvalue weighted by Crippen LogP contribution is -2.36. The van der Waals surface area contributed by atoms with Crippen LogP contribution in [0.5, 0.6) is 0 Å². The molecule has 4 rings (SSSR count). The summed E-state index contributed by atoms with van der Waals surface area (Å²) in [6, 6.07) is 3.95. The average molecular weight is 387 g/mol. The van der Waals surface area contributed by atoms with Crippen molar-refractivity contribution in [3.63, 3.8) is 0 Å². The van der Waals surface area contributed by atoms with Crippen LogP contribution in [0.1, 0.15) is 66.4 Å². The Morgan fingerprint density at radius 2 is 1.96 bits per heavy atom. The monoisotopic (exact) mass is 386 g/mol. The molecule has 1 saturated heterocycles. The van der Waals surface area contributed by atoms with Gasteiger partial charge in [-0.3, -0.25) is 9.59 Å². The summed E-state index contributed by atoms with van der Waals surface area (Å²) in [6.07, 6.45) is 7.57. The SMILES string of the molecule is CNC(=O)c1sc2nc([C@@H]3CCCN3C(=O)C3CCCCC3)ccc2c1N. The van der Waals surface area contributed by atoms with E-state index in [2.05, 4.69) is 5.32 Å². The number of amides is 2. The highest BCUT2D eigenvalue weighted by Crippen LogP contribution is 2.38. The van der Waals surface area contributed by atoms with Gasteiger partial charge >= 0.3 is 0 Å². The number of nitrogen functional groups attached to an aromatic ring is 1. The molecule has 1 aliphatic heterocycles. The maximum atomic E-state index is 13.1. The number of carbonyl (C=O) groups is 2. The van der Waals surface area contributed by atoms with Crippen molar-refractivity contribution in [3.05, 3.63) is 22.7 Å². The molecule has 0 bridgehead atoms. The number of nitrogens with zero attached hydrogens (tertiary/aromatic N) is 2. The normalized spacial score (nSPS) is 20.9. The van der Waals surface area contributed by atoms with Gasteiger partial charge in [-0.2, -0.15) is 0 Å². The number of anilines is 1. The fourth-order valence-corrected chi connectivity index (χ4v) is 5.45. The van der Waals surface area contributed by atoms with Gasteiger partial charge in [0.1, 0.15) is 9.71 Å². The number of nitrogens with one attached hydrogen (secondary N) is 1. The Kier molecular flexibility index (Phi) is 5.04. The van der Waals surface area contributed by atoms with Crippen LogP contribution < -0.4 is 11.1 Å². The highest BCUT2D eigenvalue weighted by molar-refractivity contribution is 7.21. The lowest BCUT2D eigenvalue weighted by Gasteiger charge is -2.30. The number of fused-ring (bicyclic) bond motifs is 1. The van der Waals surface area contributed by atoms with E-state index in [9.17, 15) is 9.59 Å². The zero-order valence-electron chi connectivity index (χ0n) is 15.7. The molecule has 144 valence electrons. The quantitative estimate of drug-likeness (QED) is 0.845. The van der Waals surface area contributed by atoms with Crippen LogP contribution in [0, 0.1) is 5.92 Å². The molecule has 0 spiro atoms. The van der Waals surface area contributed by atoms with Gasteiger partial charge in [0, 0.05) is 24.9 Å². The first-order chi connectivity index (χ1) is 13.1. The van der Waals surface area contributed by atoms with Crippen molar-refractivity contribution in [3.8, 4) is 0 Å². The fraction of sp³-hybridized carbons (Fsp3) is 0.550. The maximum absolute atomic E-state index is 13.1. The van der Waals surface area contributed by atoms with Gasteiger partial charge in [0.2, 0.25) is 5.91 Å². The Hall–Kier alpha value is -2.15.